The summed E-state index contributed by atoms with van der Waals surface area (Å²) in [5, 5.41) is 9.83. The van der Waals surface area contributed by atoms with Crippen LogP contribution in [0.5, 0.6) is 0 Å². The molecule has 158 valence electrons. The number of hydrogen-bond donors (Lipinski definition) is 1. The quantitative estimate of drug-likeness (QED) is 0.577. The molecule has 1 aliphatic heterocycles. The van der Waals surface area contributed by atoms with Crippen molar-refractivity contribution >= 4 is 0 Å². The average Bonchev–Trinajstić information content (AvgIpc) is 3.08. The number of likely N-dealkylation sites (N-methyl/N-ethyl adjacent to an activating group) is 1. The first-order valence-electron chi connectivity index (χ1n) is 8.82. The van der Waals surface area contributed by atoms with Gasteiger partial charge in [-0.2, -0.15) is 13.2 Å². The van der Waals surface area contributed by atoms with Gasteiger partial charge < -0.3 is 14.8 Å². The number of aromatic nitrogens is 3. The van der Waals surface area contributed by atoms with E-state index in [1.165, 1.54) is 0 Å². The van der Waals surface area contributed by atoms with Crippen molar-refractivity contribution in [3.8, 4) is 0 Å². The highest BCUT2D eigenvalue weighted by Gasteiger charge is 2.39. The predicted octanol–water partition coefficient (Wildman–Crippen LogP) is 3.26. The number of benzene rings is 1. The lowest BCUT2D eigenvalue weighted by molar-refractivity contribution is -0.147. The Morgan fingerprint density at radius 3 is 2.48 bits per heavy atom. The van der Waals surface area contributed by atoms with Gasteiger partial charge in [0.2, 0.25) is 5.82 Å². The fourth-order valence-electron chi connectivity index (χ4n) is 3.31. The van der Waals surface area contributed by atoms with Crippen LogP contribution < -0.4 is 5.32 Å². The Balaban J connectivity index is 1.66. The second-order valence-electron chi connectivity index (χ2n) is 6.83. The van der Waals surface area contributed by atoms with Crippen molar-refractivity contribution in [2.45, 2.75) is 38.1 Å². The minimum atomic E-state index is -4.57. The molecule has 0 spiro atoms. The number of hydrogen-bond acceptors (Lipinski definition) is 4. The third-order valence-corrected chi connectivity index (χ3v) is 4.90. The van der Waals surface area contributed by atoms with E-state index in [2.05, 4.69) is 22.1 Å². The molecule has 0 radical (unpaired) electrons. The van der Waals surface area contributed by atoms with E-state index in [9.17, 15) is 26.3 Å². The van der Waals surface area contributed by atoms with E-state index in [0.29, 0.717) is 18.2 Å². The Kier molecular flexibility index (Phi) is 5.87. The number of fused-ring (bicyclic) bond motifs is 1. The van der Waals surface area contributed by atoms with E-state index in [0.717, 1.165) is 10.6 Å². The van der Waals surface area contributed by atoms with E-state index >= 15 is 0 Å². The molecular weight excluding hydrogens is 400 g/mol. The van der Waals surface area contributed by atoms with Gasteiger partial charge in [0.05, 0.1) is 6.54 Å². The highest BCUT2D eigenvalue weighted by Crippen LogP contribution is 2.30. The van der Waals surface area contributed by atoms with Gasteiger partial charge in [-0.05, 0) is 25.1 Å². The van der Waals surface area contributed by atoms with Crippen molar-refractivity contribution in [2.75, 3.05) is 13.6 Å². The fraction of sp³-hybridized carbons (Fsp3) is 0.444. The van der Waals surface area contributed by atoms with Gasteiger partial charge in [-0.15, -0.1) is 10.2 Å². The molecule has 2 heterocycles. The van der Waals surface area contributed by atoms with Crippen LogP contribution in [0.4, 0.5) is 26.3 Å². The van der Waals surface area contributed by atoms with Gasteiger partial charge in [0.1, 0.15) is 5.82 Å². The summed E-state index contributed by atoms with van der Waals surface area (Å²) in [6.07, 6.45) is -4.16. The standard InChI is InChI=1S/C18H19F6N5/c1-10(5-12(25-2)6-11-7-14(20)15(21)8-13(11)19)28-3-4-29-16(9-28)26-27-17(29)18(22,23)24/h7-8,12,25H,1,3-6,9H2,2H3. The molecule has 1 unspecified atom stereocenters. The molecule has 1 aliphatic rings. The number of halogens is 6. The SMILES string of the molecule is C=C(CC(Cc1cc(F)c(F)cc1F)NC)N1CCn2c(nnc2C(F)(F)F)C1. The molecule has 0 saturated heterocycles. The normalized spacial score (nSPS) is 15.3. The highest BCUT2D eigenvalue weighted by molar-refractivity contribution is 5.21. The number of nitrogens with zero attached hydrogens (tertiary/aromatic N) is 4. The van der Waals surface area contributed by atoms with Crippen molar-refractivity contribution in [1.82, 2.24) is 25.0 Å². The van der Waals surface area contributed by atoms with Gasteiger partial charge >= 0.3 is 6.18 Å². The maximum Gasteiger partial charge on any atom is 0.451 e. The zero-order chi connectivity index (χ0) is 21.3. The molecular formula is C18H19F6N5. The van der Waals surface area contributed by atoms with Crippen LogP contribution in [0.25, 0.3) is 0 Å². The molecule has 1 atom stereocenters. The van der Waals surface area contributed by atoms with Gasteiger partial charge in [-0.25, -0.2) is 13.2 Å². The molecule has 29 heavy (non-hydrogen) atoms. The van der Waals surface area contributed by atoms with Crippen LogP contribution in [0.2, 0.25) is 0 Å². The number of nitrogens with one attached hydrogen (secondary N) is 1. The molecule has 1 aromatic heterocycles. The lowest BCUT2D eigenvalue weighted by Gasteiger charge is -2.32. The third-order valence-electron chi connectivity index (χ3n) is 4.90. The van der Waals surface area contributed by atoms with E-state index in [4.69, 9.17) is 0 Å². The molecule has 0 bridgehead atoms. The lowest BCUT2D eigenvalue weighted by Crippen LogP contribution is -2.37. The van der Waals surface area contributed by atoms with Gasteiger partial charge in [-0.3, -0.25) is 0 Å². The summed E-state index contributed by atoms with van der Waals surface area (Å²) in [5.41, 5.74) is 0.624. The van der Waals surface area contributed by atoms with Crippen LogP contribution in [0.1, 0.15) is 23.6 Å². The van der Waals surface area contributed by atoms with Crippen LogP contribution in [0, 0.1) is 17.5 Å². The summed E-state index contributed by atoms with van der Waals surface area (Å²) < 4.78 is 80.2. The van der Waals surface area contributed by atoms with E-state index < -0.39 is 29.5 Å². The van der Waals surface area contributed by atoms with E-state index in [1.807, 2.05) is 0 Å². The van der Waals surface area contributed by atoms with Crippen LogP contribution in [-0.2, 0) is 25.7 Å². The lowest BCUT2D eigenvalue weighted by atomic mass is 10.0. The first-order valence-corrected chi connectivity index (χ1v) is 8.82. The van der Waals surface area contributed by atoms with Crippen LogP contribution in [0.3, 0.4) is 0 Å². The molecule has 2 aromatic rings. The van der Waals surface area contributed by atoms with Crippen molar-refractivity contribution < 1.29 is 26.3 Å². The fourth-order valence-corrected chi connectivity index (χ4v) is 3.31. The summed E-state index contributed by atoms with van der Waals surface area (Å²) in [4.78, 5) is 1.77. The average molecular weight is 419 g/mol. The second kappa shape index (κ2) is 8.05. The minimum Gasteiger partial charge on any atom is -0.366 e. The van der Waals surface area contributed by atoms with Gasteiger partial charge in [0.25, 0.3) is 0 Å². The van der Waals surface area contributed by atoms with Crippen molar-refractivity contribution in [1.29, 1.82) is 0 Å². The van der Waals surface area contributed by atoms with Crippen molar-refractivity contribution in [3.63, 3.8) is 0 Å². The van der Waals surface area contributed by atoms with Gasteiger partial charge in [-0.1, -0.05) is 6.58 Å². The minimum absolute atomic E-state index is 0.0178. The van der Waals surface area contributed by atoms with Crippen LogP contribution >= 0.6 is 0 Å². The molecule has 1 aromatic carbocycles. The second-order valence-corrected chi connectivity index (χ2v) is 6.83. The molecule has 5 nitrogen and oxygen atoms in total. The summed E-state index contributed by atoms with van der Waals surface area (Å²) in [7, 11) is 1.64. The van der Waals surface area contributed by atoms with Crippen molar-refractivity contribution in [2.24, 2.45) is 0 Å². The Morgan fingerprint density at radius 2 is 1.83 bits per heavy atom. The van der Waals surface area contributed by atoms with Gasteiger partial charge in [0, 0.05) is 37.3 Å². The summed E-state index contributed by atoms with van der Waals surface area (Å²) in [5.74, 6) is -4.09. The molecule has 0 aliphatic carbocycles. The van der Waals surface area contributed by atoms with Crippen LogP contribution in [0.15, 0.2) is 24.4 Å². The highest BCUT2D eigenvalue weighted by atomic mass is 19.4. The Morgan fingerprint density at radius 1 is 1.14 bits per heavy atom. The van der Waals surface area contributed by atoms with Crippen LogP contribution in [-0.4, -0.2) is 39.3 Å². The zero-order valence-electron chi connectivity index (χ0n) is 15.5. The smallest absolute Gasteiger partial charge is 0.366 e. The first kappa shape index (κ1) is 21.2. The predicted molar refractivity (Wildman–Crippen MR) is 92.1 cm³/mol. The first-order chi connectivity index (χ1) is 13.6. The molecule has 0 amide bonds. The maximum atomic E-state index is 13.9. The monoisotopic (exact) mass is 419 g/mol. The number of rotatable bonds is 6. The molecule has 0 saturated carbocycles. The molecule has 11 heteroatoms. The molecule has 3 rings (SSSR count). The number of alkyl halides is 3. The Bertz CT molecular complexity index is 907. The summed E-state index contributed by atoms with van der Waals surface area (Å²) in [6, 6.07) is 0.981. The molecule has 0 fully saturated rings. The van der Waals surface area contributed by atoms with Gasteiger partial charge in [0.15, 0.2) is 17.5 Å². The third kappa shape index (κ3) is 4.55. The maximum absolute atomic E-state index is 13.9. The summed E-state index contributed by atoms with van der Waals surface area (Å²) >= 11 is 0. The molecule has 1 N–H and O–H groups in total. The Labute approximate surface area is 163 Å². The van der Waals surface area contributed by atoms with Crippen molar-refractivity contribution in [3.05, 3.63) is 59.1 Å². The Hall–Kier alpha value is -2.56. The summed E-state index contributed by atoms with van der Waals surface area (Å²) in [6.45, 7) is 4.41. The zero-order valence-corrected chi connectivity index (χ0v) is 15.5. The topological polar surface area (TPSA) is 46.0 Å². The van der Waals surface area contributed by atoms with E-state index in [1.54, 1.807) is 11.9 Å². The largest absolute Gasteiger partial charge is 0.451 e. The van der Waals surface area contributed by atoms with E-state index in [-0.39, 0.29) is 43.5 Å².